The number of unbranched alkanes of at least 4 members (excludes halogenated alkanes) is 2. The van der Waals surface area contributed by atoms with Crippen LogP contribution in [0.5, 0.6) is 5.75 Å². The molecule has 1 aromatic carbocycles. The number of carbonyl (C=O) groups is 3. The van der Waals surface area contributed by atoms with Gasteiger partial charge in [0.2, 0.25) is 12.3 Å². The van der Waals surface area contributed by atoms with Crippen LogP contribution in [0.25, 0.3) is 11.3 Å². The molecule has 2 aromatic rings. The SMILES string of the molecule is CCCCCC(CN(O)C=O)C(=O)NCNC(=O)c1ccc(-c2cccc(OCC)c2)o1. The minimum atomic E-state index is -0.568. The van der Waals surface area contributed by atoms with Gasteiger partial charge in [0, 0.05) is 5.56 Å². The van der Waals surface area contributed by atoms with Crippen molar-refractivity contribution in [2.24, 2.45) is 5.92 Å². The molecule has 3 amide bonds. The predicted molar refractivity (Wildman–Crippen MR) is 118 cm³/mol. The Morgan fingerprint density at radius 2 is 2.00 bits per heavy atom. The molecule has 0 bridgehead atoms. The van der Waals surface area contributed by atoms with Crippen molar-refractivity contribution < 1.29 is 28.7 Å². The maximum atomic E-state index is 12.4. The Balaban J connectivity index is 1.89. The molecule has 32 heavy (non-hydrogen) atoms. The van der Waals surface area contributed by atoms with E-state index in [0.717, 1.165) is 24.8 Å². The Labute approximate surface area is 187 Å². The van der Waals surface area contributed by atoms with E-state index in [-0.39, 0.29) is 31.3 Å². The Hall–Kier alpha value is -3.33. The second-order valence-corrected chi connectivity index (χ2v) is 7.27. The zero-order valence-electron chi connectivity index (χ0n) is 18.5. The van der Waals surface area contributed by atoms with Gasteiger partial charge in [0.05, 0.1) is 25.7 Å². The highest BCUT2D eigenvalue weighted by molar-refractivity contribution is 5.92. The van der Waals surface area contributed by atoms with Crippen LogP contribution in [0.1, 0.15) is 50.1 Å². The molecule has 0 aliphatic carbocycles. The molecule has 0 fully saturated rings. The molecule has 0 spiro atoms. The summed E-state index contributed by atoms with van der Waals surface area (Å²) in [4.78, 5) is 35.5. The van der Waals surface area contributed by atoms with Gasteiger partial charge < -0.3 is 19.8 Å². The standard InChI is InChI=1S/C23H31N3O6/c1-3-5-6-8-18(14-26(30)16-27)22(28)24-15-25-23(29)21-12-11-20(32-21)17-9-7-10-19(13-17)31-4-2/h7,9-13,16,18,30H,3-6,8,14-15H2,1-2H3,(H,24,28)(H,25,29). The second-order valence-electron chi connectivity index (χ2n) is 7.27. The number of nitrogens with one attached hydrogen (secondary N) is 2. The highest BCUT2D eigenvalue weighted by atomic mass is 16.5. The summed E-state index contributed by atoms with van der Waals surface area (Å²) in [5.74, 6) is -0.0558. The van der Waals surface area contributed by atoms with Crippen molar-refractivity contribution in [3.05, 3.63) is 42.2 Å². The van der Waals surface area contributed by atoms with E-state index < -0.39 is 11.8 Å². The average molecular weight is 446 g/mol. The first-order valence-corrected chi connectivity index (χ1v) is 10.8. The van der Waals surface area contributed by atoms with Crippen molar-refractivity contribution in [3.8, 4) is 17.1 Å². The van der Waals surface area contributed by atoms with Gasteiger partial charge in [-0.3, -0.25) is 19.6 Å². The second kappa shape index (κ2) is 13.2. The number of rotatable bonds is 14. The summed E-state index contributed by atoms with van der Waals surface area (Å²) < 4.78 is 11.1. The fourth-order valence-electron chi connectivity index (χ4n) is 3.18. The lowest BCUT2D eigenvalue weighted by Crippen LogP contribution is -2.42. The average Bonchev–Trinajstić information content (AvgIpc) is 3.29. The summed E-state index contributed by atoms with van der Waals surface area (Å²) in [5.41, 5.74) is 0.780. The quantitative estimate of drug-likeness (QED) is 0.135. The largest absolute Gasteiger partial charge is 0.494 e. The van der Waals surface area contributed by atoms with Crippen LogP contribution >= 0.6 is 0 Å². The van der Waals surface area contributed by atoms with Gasteiger partial charge in [-0.2, -0.15) is 0 Å². The Kier molecular flexibility index (Phi) is 10.3. The smallest absolute Gasteiger partial charge is 0.288 e. The summed E-state index contributed by atoms with van der Waals surface area (Å²) in [5, 5.41) is 15.1. The number of ether oxygens (including phenoxy) is 1. The van der Waals surface area contributed by atoms with Crippen molar-refractivity contribution in [2.75, 3.05) is 19.8 Å². The third-order valence-corrected chi connectivity index (χ3v) is 4.83. The van der Waals surface area contributed by atoms with E-state index in [2.05, 4.69) is 10.6 Å². The number of nitrogens with zero attached hydrogens (tertiary/aromatic N) is 1. The molecule has 1 atom stereocenters. The van der Waals surface area contributed by atoms with E-state index in [1.807, 2.05) is 38.1 Å². The van der Waals surface area contributed by atoms with Gasteiger partial charge in [0.1, 0.15) is 11.5 Å². The summed E-state index contributed by atoms with van der Waals surface area (Å²) in [6.07, 6.45) is 3.53. The lowest BCUT2D eigenvalue weighted by Gasteiger charge is -2.19. The fourth-order valence-corrected chi connectivity index (χ4v) is 3.18. The van der Waals surface area contributed by atoms with E-state index in [1.54, 1.807) is 12.1 Å². The van der Waals surface area contributed by atoms with Crippen LogP contribution in [-0.2, 0) is 9.59 Å². The summed E-state index contributed by atoms with van der Waals surface area (Å²) in [6.45, 7) is 4.28. The minimum absolute atomic E-state index is 0.102. The molecule has 3 N–H and O–H groups in total. The highest BCUT2D eigenvalue weighted by Crippen LogP contribution is 2.25. The topological polar surface area (TPSA) is 121 Å². The number of benzene rings is 1. The minimum Gasteiger partial charge on any atom is -0.494 e. The van der Waals surface area contributed by atoms with E-state index in [0.29, 0.717) is 29.6 Å². The van der Waals surface area contributed by atoms with Crippen molar-refractivity contribution in [2.45, 2.75) is 39.5 Å². The molecule has 1 aromatic heterocycles. The number of hydrogen-bond acceptors (Lipinski definition) is 6. The zero-order valence-corrected chi connectivity index (χ0v) is 18.5. The van der Waals surface area contributed by atoms with Crippen LogP contribution in [-0.4, -0.2) is 48.3 Å². The molecule has 0 radical (unpaired) electrons. The maximum Gasteiger partial charge on any atom is 0.288 e. The number of furan rings is 1. The molecular weight excluding hydrogens is 414 g/mol. The van der Waals surface area contributed by atoms with E-state index in [9.17, 15) is 19.6 Å². The molecule has 1 heterocycles. The molecule has 0 saturated carbocycles. The van der Waals surface area contributed by atoms with E-state index in [1.165, 1.54) is 0 Å². The molecule has 174 valence electrons. The van der Waals surface area contributed by atoms with Gasteiger partial charge in [0.15, 0.2) is 5.76 Å². The van der Waals surface area contributed by atoms with Crippen LogP contribution in [0.4, 0.5) is 0 Å². The maximum absolute atomic E-state index is 12.4. The lowest BCUT2D eigenvalue weighted by atomic mass is 10.0. The van der Waals surface area contributed by atoms with Crippen LogP contribution < -0.4 is 15.4 Å². The van der Waals surface area contributed by atoms with Gasteiger partial charge in [-0.05, 0) is 37.6 Å². The van der Waals surface area contributed by atoms with E-state index >= 15 is 0 Å². The third-order valence-electron chi connectivity index (χ3n) is 4.83. The first-order valence-electron chi connectivity index (χ1n) is 10.8. The summed E-state index contributed by atoms with van der Waals surface area (Å²) >= 11 is 0. The molecule has 2 rings (SSSR count). The van der Waals surface area contributed by atoms with Crippen LogP contribution in [0.2, 0.25) is 0 Å². The van der Waals surface area contributed by atoms with Gasteiger partial charge >= 0.3 is 0 Å². The Morgan fingerprint density at radius 1 is 1.19 bits per heavy atom. The van der Waals surface area contributed by atoms with Crippen LogP contribution in [0.3, 0.4) is 0 Å². The molecular formula is C23H31N3O6. The third kappa shape index (κ3) is 7.73. The van der Waals surface area contributed by atoms with Crippen LogP contribution in [0.15, 0.2) is 40.8 Å². The summed E-state index contributed by atoms with van der Waals surface area (Å²) in [6, 6.07) is 10.6. The first kappa shape index (κ1) is 24.9. The number of carbonyl (C=O) groups excluding carboxylic acids is 3. The molecule has 0 aliphatic rings. The van der Waals surface area contributed by atoms with Gasteiger partial charge in [-0.25, -0.2) is 5.06 Å². The van der Waals surface area contributed by atoms with Crippen LogP contribution in [0, 0.1) is 5.92 Å². The van der Waals surface area contributed by atoms with Crippen molar-refractivity contribution in [3.63, 3.8) is 0 Å². The van der Waals surface area contributed by atoms with Gasteiger partial charge in [0.25, 0.3) is 5.91 Å². The highest BCUT2D eigenvalue weighted by Gasteiger charge is 2.21. The Bertz CT molecular complexity index is 882. The van der Waals surface area contributed by atoms with E-state index in [4.69, 9.17) is 9.15 Å². The molecule has 1 unspecified atom stereocenters. The molecule has 0 aliphatic heterocycles. The monoisotopic (exact) mass is 445 g/mol. The molecule has 9 nitrogen and oxygen atoms in total. The molecule has 0 saturated heterocycles. The number of hydroxylamine groups is 2. The van der Waals surface area contributed by atoms with Gasteiger partial charge in [-0.1, -0.05) is 38.3 Å². The lowest BCUT2D eigenvalue weighted by molar-refractivity contribution is -0.154. The summed E-state index contributed by atoms with van der Waals surface area (Å²) in [7, 11) is 0. The first-order chi connectivity index (χ1) is 15.5. The normalized spacial score (nSPS) is 11.5. The van der Waals surface area contributed by atoms with Crippen molar-refractivity contribution in [1.29, 1.82) is 0 Å². The van der Waals surface area contributed by atoms with Crippen molar-refractivity contribution in [1.82, 2.24) is 15.7 Å². The van der Waals surface area contributed by atoms with Crippen molar-refractivity contribution >= 4 is 18.2 Å². The Morgan fingerprint density at radius 3 is 2.72 bits per heavy atom. The predicted octanol–water partition coefficient (Wildman–Crippen LogP) is 3.19. The molecule has 9 heteroatoms. The number of hydrogen-bond donors (Lipinski definition) is 3. The van der Waals surface area contributed by atoms with Gasteiger partial charge in [-0.15, -0.1) is 0 Å². The number of amides is 3. The fraction of sp³-hybridized carbons (Fsp3) is 0.435. The zero-order chi connectivity index (χ0) is 23.3.